The number of alkyl carbamates (subject to hydrolysis) is 1. The van der Waals surface area contributed by atoms with E-state index in [1.54, 1.807) is 0 Å². The highest BCUT2D eigenvalue weighted by molar-refractivity contribution is 5.72. The Balaban J connectivity index is 3.09. The number of hydrogen-bond donors (Lipinski definition) is 2. The molecule has 22 heavy (non-hydrogen) atoms. The van der Waals surface area contributed by atoms with Gasteiger partial charge in [-0.1, -0.05) is 30.9 Å². The molecule has 0 spiro atoms. The van der Waals surface area contributed by atoms with Crippen LogP contribution in [0.15, 0.2) is 36.9 Å². The van der Waals surface area contributed by atoms with E-state index in [9.17, 15) is 22.8 Å². The summed E-state index contributed by atoms with van der Waals surface area (Å²) in [6.45, 7) is 3.17. The van der Waals surface area contributed by atoms with Crippen LogP contribution in [0.25, 0.3) is 0 Å². The molecule has 0 saturated heterocycles. The van der Waals surface area contributed by atoms with Crippen LogP contribution in [0.5, 0.6) is 0 Å². The molecule has 1 rings (SSSR count). The van der Waals surface area contributed by atoms with Gasteiger partial charge in [-0.25, -0.2) is 4.79 Å². The quantitative estimate of drug-likeness (QED) is 0.790. The summed E-state index contributed by atoms with van der Waals surface area (Å²) in [5, 5.41) is 11.0. The third-order valence-electron chi connectivity index (χ3n) is 2.64. The molecule has 8 heteroatoms. The standard InChI is InChI=1S/C14H14F3NO4/c1-2-7-22-13(21)18-11(8-12(19)20)9-5-3-4-6-10(9)14(15,16)17/h2-6,11H,1,7-8H2,(H,18,21)(H,19,20). The zero-order valence-corrected chi connectivity index (χ0v) is 11.4. The number of carbonyl (C=O) groups is 2. The monoisotopic (exact) mass is 317 g/mol. The summed E-state index contributed by atoms with van der Waals surface area (Å²) in [7, 11) is 0. The maximum atomic E-state index is 13.0. The second-order valence-electron chi connectivity index (χ2n) is 4.27. The summed E-state index contributed by atoms with van der Waals surface area (Å²) in [5.74, 6) is -1.36. The number of nitrogens with one attached hydrogen (secondary N) is 1. The van der Waals surface area contributed by atoms with E-state index in [0.29, 0.717) is 0 Å². The fraction of sp³-hybridized carbons (Fsp3) is 0.286. The normalized spacial score (nSPS) is 12.3. The average Bonchev–Trinajstić information content (AvgIpc) is 2.43. The molecule has 1 aromatic rings. The third-order valence-corrected chi connectivity index (χ3v) is 2.64. The lowest BCUT2D eigenvalue weighted by Gasteiger charge is -2.21. The fourth-order valence-electron chi connectivity index (χ4n) is 1.79. The van der Waals surface area contributed by atoms with Crippen LogP contribution in [0.3, 0.4) is 0 Å². The molecule has 0 bridgehead atoms. The van der Waals surface area contributed by atoms with E-state index in [2.05, 4.69) is 16.6 Å². The van der Waals surface area contributed by atoms with Crippen LogP contribution >= 0.6 is 0 Å². The number of carboxylic acid groups (broad SMARTS) is 1. The first-order chi connectivity index (χ1) is 10.3. The van der Waals surface area contributed by atoms with Crippen molar-refractivity contribution in [3.8, 4) is 0 Å². The van der Waals surface area contributed by atoms with Crippen LogP contribution in [0.1, 0.15) is 23.6 Å². The Hall–Kier alpha value is -2.51. The van der Waals surface area contributed by atoms with Gasteiger partial charge in [0.2, 0.25) is 0 Å². The number of benzene rings is 1. The molecule has 1 aromatic carbocycles. The van der Waals surface area contributed by atoms with E-state index >= 15 is 0 Å². The van der Waals surface area contributed by atoms with Crippen molar-refractivity contribution in [3.05, 3.63) is 48.0 Å². The fourth-order valence-corrected chi connectivity index (χ4v) is 1.79. The number of amides is 1. The molecule has 0 saturated carbocycles. The van der Waals surface area contributed by atoms with Crippen LogP contribution in [-0.2, 0) is 15.7 Å². The highest BCUT2D eigenvalue weighted by atomic mass is 19.4. The van der Waals surface area contributed by atoms with E-state index in [1.807, 2.05) is 0 Å². The Morgan fingerprint density at radius 2 is 2.00 bits per heavy atom. The van der Waals surface area contributed by atoms with Crippen molar-refractivity contribution in [2.45, 2.75) is 18.6 Å². The summed E-state index contributed by atoms with van der Waals surface area (Å²) < 4.78 is 43.6. The molecule has 5 nitrogen and oxygen atoms in total. The van der Waals surface area contributed by atoms with Gasteiger partial charge in [-0.15, -0.1) is 0 Å². The zero-order valence-electron chi connectivity index (χ0n) is 11.4. The lowest BCUT2D eigenvalue weighted by Crippen LogP contribution is -2.32. The molecule has 120 valence electrons. The van der Waals surface area contributed by atoms with Crippen molar-refractivity contribution in [2.24, 2.45) is 0 Å². The third kappa shape index (κ3) is 5.12. The number of hydrogen-bond acceptors (Lipinski definition) is 3. The molecule has 1 atom stereocenters. The van der Waals surface area contributed by atoms with E-state index < -0.39 is 36.3 Å². The average molecular weight is 317 g/mol. The smallest absolute Gasteiger partial charge is 0.416 e. The van der Waals surface area contributed by atoms with Crippen molar-refractivity contribution < 1.29 is 32.6 Å². The van der Waals surface area contributed by atoms with Gasteiger partial charge in [0, 0.05) is 0 Å². The molecule has 0 aromatic heterocycles. The number of aliphatic carboxylic acids is 1. The van der Waals surface area contributed by atoms with E-state index in [4.69, 9.17) is 5.11 Å². The molecule has 0 aliphatic carbocycles. The number of carbonyl (C=O) groups excluding carboxylic acids is 1. The molecule has 0 aliphatic heterocycles. The summed E-state index contributed by atoms with van der Waals surface area (Å²) >= 11 is 0. The summed E-state index contributed by atoms with van der Waals surface area (Å²) in [5.41, 5.74) is -1.35. The number of carboxylic acids is 1. The first-order valence-corrected chi connectivity index (χ1v) is 6.17. The maximum absolute atomic E-state index is 13.0. The van der Waals surface area contributed by atoms with Gasteiger partial charge in [-0.3, -0.25) is 4.79 Å². The first kappa shape index (κ1) is 17.5. The SMILES string of the molecule is C=CCOC(=O)NC(CC(=O)O)c1ccccc1C(F)(F)F. The van der Waals surface area contributed by atoms with Gasteiger partial charge in [0.05, 0.1) is 18.0 Å². The number of rotatable bonds is 6. The van der Waals surface area contributed by atoms with Crippen molar-refractivity contribution >= 4 is 12.1 Å². The van der Waals surface area contributed by atoms with Gasteiger partial charge in [0.1, 0.15) is 6.61 Å². The highest BCUT2D eigenvalue weighted by Crippen LogP contribution is 2.35. The summed E-state index contributed by atoms with van der Waals surface area (Å²) in [4.78, 5) is 22.3. The minimum atomic E-state index is -4.67. The van der Waals surface area contributed by atoms with Gasteiger partial charge < -0.3 is 15.2 Å². The molecule has 0 fully saturated rings. The van der Waals surface area contributed by atoms with E-state index in [1.165, 1.54) is 18.2 Å². The topological polar surface area (TPSA) is 75.6 Å². The van der Waals surface area contributed by atoms with Crippen LogP contribution in [-0.4, -0.2) is 23.8 Å². The van der Waals surface area contributed by atoms with Crippen LogP contribution in [0.2, 0.25) is 0 Å². The molecule has 0 aliphatic rings. The molecular weight excluding hydrogens is 303 g/mol. The summed E-state index contributed by atoms with van der Waals surface area (Å²) in [6.07, 6.45) is -5.13. The van der Waals surface area contributed by atoms with Crippen molar-refractivity contribution in [1.82, 2.24) is 5.32 Å². The van der Waals surface area contributed by atoms with Gasteiger partial charge in [-0.05, 0) is 11.6 Å². The predicted octanol–water partition coefficient (Wildman–Crippen LogP) is 3.13. The number of alkyl halides is 3. The van der Waals surface area contributed by atoms with E-state index in [-0.39, 0.29) is 12.2 Å². The van der Waals surface area contributed by atoms with Gasteiger partial charge in [-0.2, -0.15) is 13.2 Å². The Morgan fingerprint density at radius 1 is 1.36 bits per heavy atom. The minimum Gasteiger partial charge on any atom is -0.481 e. The molecule has 0 heterocycles. The molecule has 1 amide bonds. The first-order valence-electron chi connectivity index (χ1n) is 6.17. The second-order valence-corrected chi connectivity index (χ2v) is 4.27. The number of halogens is 3. The Bertz CT molecular complexity index is 557. The predicted molar refractivity (Wildman–Crippen MR) is 71.1 cm³/mol. The summed E-state index contributed by atoms with van der Waals surface area (Å²) in [6, 6.07) is 3.08. The number of ether oxygens (including phenoxy) is 1. The lowest BCUT2D eigenvalue weighted by molar-refractivity contribution is -0.140. The molecule has 1 unspecified atom stereocenters. The molecule has 0 radical (unpaired) electrons. The van der Waals surface area contributed by atoms with Crippen LogP contribution in [0, 0.1) is 0 Å². The molecule has 2 N–H and O–H groups in total. The Morgan fingerprint density at radius 3 is 2.55 bits per heavy atom. The lowest BCUT2D eigenvalue weighted by atomic mass is 9.97. The van der Waals surface area contributed by atoms with Gasteiger partial charge in [0.25, 0.3) is 0 Å². The highest BCUT2D eigenvalue weighted by Gasteiger charge is 2.35. The molecular formula is C14H14F3NO4. The Kier molecular flexibility index (Phi) is 5.97. The van der Waals surface area contributed by atoms with Crippen LogP contribution in [0.4, 0.5) is 18.0 Å². The Labute approximate surface area is 124 Å². The zero-order chi connectivity index (χ0) is 16.8. The van der Waals surface area contributed by atoms with Gasteiger partial charge in [0.15, 0.2) is 0 Å². The van der Waals surface area contributed by atoms with Crippen LogP contribution < -0.4 is 5.32 Å². The minimum absolute atomic E-state index is 0.146. The van der Waals surface area contributed by atoms with Crippen molar-refractivity contribution in [3.63, 3.8) is 0 Å². The largest absolute Gasteiger partial charge is 0.481 e. The van der Waals surface area contributed by atoms with Crippen molar-refractivity contribution in [1.29, 1.82) is 0 Å². The second kappa shape index (κ2) is 7.48. The maximum Gasteiger partial charge on any atom is 0.416 e. The van der Waals surface area contributed by atoms with Crippen molar-refractivity contribution in [2.75, 3.05) is 6.61 Å². The van der Waals surface area contributed by atoms with E-state index in [0.717, 1.165) is 12.1 Å². The van der Waals surface area contributed by atoms with Gasteiger partial charge >= 0.3 is 18.2 Å².